The molecule has 3 aromatic rings. The van der Waals surface area contributed by atoms with Crippen LogP contribution >= 0.6 is 0 Å². The fourth-order valence-electron chi connectivity index (χ4n) is 2.47. The first-order chi connectivity index (χ1) is 12.2. The van der Waals surface area contributed by atoms with Crippen LogP contribution in [0, 0.1) is 6.92 Å². The minimum atomic E-state index is -0.206. The third-order valence-electron chi connectivity index (χ3n) is 3.75. The van der Waals surface area contributed by atoms with Gasteiger partial charge in [-0.1, -0.05) is 35.9 Å². The highest BCUT2D eigenvalue weighted by molar-refractivity contribution is 5.93. The summed E-state index contributed by atoms with van der Waals surface area (Å²) in [6, 6.07) is 15.7. The van der Waals surface area contributed by atoms with Crippen molar-refractivity contribution in [1.82, 2.24) is 15.3 Å². The Balaban J connectivity index is 1.59. The third-order valence-corrected chi connectivity index (χ3v) is 3.75. The summed E-state index contributed by atoms with van der Waals surface area (Å²) in [7, 11) is 0. The van der Waals surface area contributed by atoms with Crippen LogP contribution in [0.4, 0.5) is 5.69 Å². The summed E-state index contributed by atoms with van der Waals surface area (Å²) in [5.41, 5.74) is 4.62. The normalized spacial score (nSPS) is 10.3. The van der Waals surface area contributed by atoms with Crippen LogP contribution in [0.2, 0.25) is 0 Å². The average Bonchev–Trinajstić information content (AvgIpc) is 2.65. The quantitative estimate of drug-likeness (QED) is 0.726. The lowest BCUT2D eigenvalue weighted by Crippen LogP contribution is -2.23. The van der Waals surface area contributed by atoms with E-state index in [1.807, 2.05) is 24.3 Å². The van der Waals surface area contributed by atoms with Crippen LogP contribution in [0.15, 0.2) is 67.1 Å². The summed E-state index contributed by atoms with van der Waals surface area (Å²) >= 11 is 0. The van der Waals surface area contributed by atoms with Crippen molar-refractivity contribution in [3.63, 3.8) is 0 Å². The molecule has 3 rings (SSSR count). The van der Waals surface area contributed by atoms with Gasteiger partial charge in [0.15, 0.2) is 0 Å². The maximum absolute atomic E-state index is 12.3. The van der Waals surface area contributed by atoms with E-state index in [-0.39, 0.29) is 5.91 Å². The van der Waals surface area contributed by atoms with E-state index in [2.05, 4.69) is 45.7 Å². The van der Waals surface area contributed by atoms with Crippen molar-refractivity contribution < 1.29 is 4.79 Å². The zero-order valence-electron chi connectivity index (χ0n) is 14.1. The number of carbonyl (C=O) groups excluding carboxylic acids is 1. The first-order valence-electron chi connectivity index (χ1n) is 8.13. The fourth-order valence-corrected chi connectivity index (χ4v) is 2.47. The third kappa shape index (κ3) is 4.88. The Hall–Kier alpha value is -3.21. The number of hydrogen-bond acceptors (Lipinski definition) is 4. The van der Waals surface area contributed by atoms with E-state index in [1.165, 1.54) is 11.1 Å². The van der Waals surface area contributed by atoms with Crippen LogP contribution in [0.5, 0.6) is 0 Å². The molecule has 5 heteroatoms. The molecular formula is C20H20N4O. The summed E-state index contributed by atoms with van der Waals surface area (Å²) in [6.45, 7) is 3.19. The molecule has 0 saturated heterocycles. The minimum Gasteiger partial charge on any atom is -0.381 e. The smallest absolute Gasteiger partial charge is 0.270 e. The van der Waals surface area contributed by atoms with Crippen LogP contribution in [-0.2, 0) is 13.1 Å². The lowest BCUT2D eigenvalue weighted by atomic mass is 10.1. The van der Waals surface area contributed by atoms with Crippen molar-refractivity contribution in [2.24, 2.45) is 0 Å². The second kappa shape index (κ2) is 8.06. The number of pyridine rings is 2. The molecule has 0 fully saturated rings. The van der Waals surface area contributed by atoms with E-state index in [9.17, 15) is 4.79 Å². The summed E-state index contributed by atoms with van der Waals surface area (Å²) in [4.78, 5) is 20.5. The van der Waals surface area contributed by atoms with E-state index in [0.717, 1.165) is 11.3 Å². The molecule has 1 aromatic carbocycles. The lowest BCUT2D eigenvalue weighted by Gasteiger charge is -2.09. The highest BCUT2D eigenvalue weighted by atomic mass is 16.1. The number of aromatic nitrogens is 2. The Morgan fingerprint density at radius 2 is 1.88 bits per heavy atom. The van der Waals surface area contributed by atoms with E-state index < -0.39 is 0 Å². The molecule has 0 aliphatic heterocycles. The summed E-state index contributed by atoms with van der Waals surface area (Å²) < 4.78 is 0. The zero-order valence-corrected chi connectivity index (χ0v) is 14.1. The molecule has 0 atom stereocenters. The van der Waals surface area contributed by atoms with Gasteiger partial charge in [-0.15, -0.1) is 0 Å². The number of carbonyl (C=O) groups is 1. The molecule has 0 radical (unpaired) electrons. The van der Waals surface area contributed by atoms with Crippen molar-refractivity contribution in [2.45, 2.75) is 20.0 Å². The number of anilines is 1. The molecule has 5 nitrogen and oxygen atoms in total. The predicted molar refractivity (Wildman–Crippen MR) is 98.1 cm³/mol. The van der Waals surface area contributed by atoms with Gasteiger partial charge in [0.1, 0.15) is 5.69 Å². The second-order valence-electron chi connectivity index (χ2n) is 5.82. The van der Waals surface area contributed by atoms with Gasteiger partial charge in [0.25, 0.3) is 5.91 Å². The maximum Gasteiger partial charge on any atom is 0.270 e. The van der Waals surface area contributed by atoms with Gasteiger partial charge in [-0.05, 0) is 36.2 Å². The molecule has 0 unspecified atom stereocenters. The Labute approximate surface area is 147 Å². The average molecular weight is 332 g/mol. The predicted octanol–water partition coefficient (Wildman–Crippen LogP) is 3.33. The van der Waals surface area contributed by atoms with Crippen molar-refractivity contribution >= 4 is 11.6 Å². The van der Waals surface area contributed by atoms with Gasteiger partial charge in [-0.2, -0.15) is 0 Å². The molecule has 2 aromatic heterocycles. The van der Waals surface area contributed by atoms with Crippen molar-refractivity contribution in [1.29, 1.82) is 0 Å². The monoisotopic (exact) mass is 332 g/mol. The highest BCUT2D eigenvalue weighted by Gasteiger charge is 2.08. The molecule has 0 aliphatic carbocycles. The van der Waals surface area contributed by atoms with Crippen molar-refractivity contribution in [2.75, 3.05) is 5.32 Å². The summed E-state index contributed by atoms with van der Waals surface area (Å²) in [5.74, 6) is -0.206. The number of rotatable bonds is 6. The summed E-state index contributed by atoms with van der Waals surface area (Å²) in [6.07, 6.45) is 5.07. The van der Waals surface area contributed by atoms with Crippen LogP contribution in [-0.4, -0.2) is 15.9 Å². The van der Waals surface area contributed by atoms with E-state index in [1.54, 1.807) is 24.7 Å². The Bertz CT molecular complexity index is 849. The molecular weight excluding hydrogens is 312 g/mol. The standard InChI is InChI=1S/C20H20N4O/c1-15-4-2-5-16(10-15)13-23-18-7-9-22-19(11-18)20(25)24-14-17-6-3-8-21-12-17/h2-12H,13-14H2,1H3,(H,22,23)(H,24,25). The number of aryl methyl sites for hydroxylation is 1. The molecule has 1 amide bonds. The highest BCUT2D eigenvalue weighted by Crippen LogP contribution is 2.11. The topological polar surface area (TPSA) is 66.9 Å². The Kier molecular flexibility index (Phi) is 5.36. The van der Waals surface area contributed by atoms with Gasteiger partial charge in [0.2, 0.25) is 0 Å². The Morgan fingerprint density at radius 3 is 2.68 bits per heavy atom. The second-order valence-corrected chi connectivity index (χ2v) is 5.82. The van der Waals surface area contributed by atoms with Crippen LogP contribution in [0.3, 0.4) is 0 Å². The summed E-state index contributed by atoms with van der Waals surface area (Å²) in [5, 5.41) is 6.18. The first kappa shape index (κ1) is 16.6. The van der Waals surface area contributed by atoms with Crippen LogP contribution in [0.25, 0.3) is 0 Å². The van der Waals surface area contributed by atoms with Gasteiger partial charge in [0, 0.05) is 37.4 Å². The van der Waals surface area contributed by atoms with E-state index >= 15 is 0 Å². The maximum atomic E-state index is 12.3. The van der Waals surface area contributed by atoms with Gasteiger partial charge in [-0.3, -0.25) is 14.8 Å². The molecule has 2 N–H and O–H groups in total. The number of nitrogens with one attached hydrogen (secondary N) is 2. The fraction of sp³-hybridized carbons (Fsp3) is 0.150. The molecule has 0 aliphatic rings. The van der Waals surface area contributed by atoms with Crippen LogP contribution in [0.1, 0.15) is 27.2 Å². The molecule has 0 spiro atoms. The minimum absolute atomic E-state index is 0.206. The largest absolute Gasteiger partial charge is 0.381 e. The molecule has 0 bridgehead atoms. The number of amides is 1. The molecule has 2 heterocycles. The van der Waals surface area contributed by atoms with Gasteiger partial charge in [-0.25, -0.2) is 0 Å². The Morgan fingerprint density at radius 1 is 1.00 bits per heavy atom. The molecule has 126 valence electrons. The number of benzene rings is 1. The lowest BCUT2D eigenvalue weighted by molar-refractivity contribution is 0.0946. The van der Waals surface area contributed by atoms with Gasteiger partial charge in [0.05, 0.1) is 0 Å². The van der Waals surface area contributed by atoms with Gasteiger partial charge < -0.3 is 10.6 Å². The number of nitrogens with zero attached hydrogens (tertiary/aromatic N) is 2. The van der Waals surface area contributed by atoms with Crippen LogP contribution < -0.4 is 10.6 Å². The van der Waals surface area contributed by atoms with Crippen molar-refractivity contribution in [3.05, 3.63) is 89.5 Å². The van der Waals surface area contributed by atoms with Crippen molar-refractivity contribution in [3.8, 4) is 0 Å². The van der Waals surface area contributed by atoms with E-state index in [0.29, 0.717) is 18.8 Å². The van der Waals surface area contributed by atoms with Gasteiger partial charge >= 0.3 is 0 Å². The number of hydrogen-bond donors (Lipinski definition) is 2. The SMILES string of the molecule is Cc1cccc(CNc2ccnc(C(=O)NCc3cccnc3)c2)c1. The zero-order chi connectivity index (χ0) is 17.5. The van der Waals surface area contributed by atoms with E-state index in [4.69, 9.17) is 0 Å². The molecule has 0 saturated carbocycles. The first-order valence-corrected chi connectivity index (χ1v) is 8.13. The molecule has 25 heavy (non-hydrogen) atoms.